The van der Waals surface area contributed by atoms with Crippen molar-refractivity contribution in [2.45, 2.75) is 30.8 Å². The molecule has 0 unspecified atom stereocenters. The minimum Gasteiger partial charge on any atom is -0.379 e. The summed E-state index contributed by atoms with van der Waals surface area (Å²) in [5, 5.41) is 0.673. The van der Waals surface area contributed by atoms with Crippen LogP contribution in [0.2, 0.25) is 10.0 Å². The predicted octanol–water partition coefficient (Wildman–Crippen LogP) is 4.16. The van der Waals surface area contributed by atoms with Crippen molar-refractivity contribution in [3.8, 4) is 0 Å². The van der Waals surface area contributed by atoms with E-state index in [9.17, 15) is 13.2 Å². The van der Waals surface area contributed by atoms with Crippen LogP contribution in [-0.2, 0) is 31.5 Å². The number of nitrogens with zero attached hydrogens (tertiary/aromatic N) is 4. The number of hydrogen-bond acceptors (Lipinski definition) is 5. The average molecular weight is 535 g/mol. The molecule has 0 saturated carbocycles. The Morgan fingerprint density at radius 2 is 1.69 bits per heavy atom. The molecule has 8 nitrogen and oxygen atoms in total. The second-order valence-electron chi connectivity index (χ2n) is 8.95. The monoisotopic (exact) mass is 534 g/mol. The zero-order chi connectivity index (χ0) is 25.0. The Labute approximate surface area is 214 Å². The lowest BCUT2D eigenvalue weighted by molar-refractivity contribution is -0.124. The van der Waals surface area contributed by atoms with Gasteiger partial charge in [-0.3, -0.25) is 9.36 Å². The molecule has 0 N–H and O–H groups in total. The highest BCUT2D eigenvalue weighted by Crippen LogP contribution is 2.44. The number of halogens is 2. The minimum absolute atomic E-state index is 0.0343. The van der Waals surface area contributed by atoms with Crippen LogP contribution in [0.1, 0.15) is 18.1 Å². The predicted molar refractivity (Wildman–Crippen MR) is 134 cm³/mol. The first kappa shape index (κ1) is 24.3. The van der Waals surface area contributed by atoms with Crippen molar-refractivity contribution >= 4 is 50.8 Å². The van der Waals surface area contributed by atoms with Gasteiger partial charge in [-0.1, -0.05) is 53.0 Å². The molecule has 0 spiro atoms. The van der Waals surface area contributed by atoms with E-state index in [0.29, 0.717) is 28.9 Å². The first-order valence-corrected chi connectivity index (χ1v) is 13.3. The zero-order valence-electron chi connectivity index (χ0n) is 19.2. The number of hydrogen-bond donors (Lipinski definition) is 0. The first-order chi connectivity index (χ1) is 16.6. The lowest BCUT2D eigenvalue weighted by atomic mass is 9.91. The van der Waals surface area contributed by atoms with Crippen molar-refractivity contribution in [1.82, 2.24) is 13.9 Å². The molecule has 11 heteroatoms. The quantitative estimate of drug-likeness (QED) is 0.490. The third-order valence-corrected chi connectivity index (χ3v) is 8.71. The lowest BCUT2D eigenvalue weighted by Gasteiger charge is -2.30. The van der Waals surface area contributed by atoms with Gasteiger partial charge in [0, 0.05) is 29.6 Å². The molecule has 1 amide bonds. The number of fused-ring (bicyclic) bond motifs is 1. The molecule has 1 atom stereocenters. The fourth-order valence-electron chi connectivity index (χ4n) is 4.64. The smallest absolute Gasteiger partial charge is 0.260 e. The summed E-state index contributed by atoms with van der Waals surface area (Å²) in [6.45, 7) is 4.82. The molecule has 0 radical (unpaired) electrons. The Morgan fingerprint density at radius 1 is 1.06 bits per heavy atom. The highest BCUT2D eigenvalue weighted by Gasteiger charge is 2.52. The summed E-state index contributed by atoms with van der Waals surface area (Å²) in [6, 6.07) is 12.6. The molecule has 2 aliphatic heterocycles. The fourth-order valence-corrected chi connectivity index (χ4v) is 6.74. The molecule has 1 aromatic heterocycles. The van der Waals surface area contributed by atoms with Crippen LogP contribution in [0.25, 0.3) is 0 Å². The molecule has 5 rings (SSSR count). The SMILES string of the molecule is Cc1ccc(C[C@]2(C)C(=O)N(c3cc(Cl)cc(Cl)c3)c3ncc(S(=O)(=O)N4CCOCC4)n32)cc1. The van der Waals surface area contributed by atoms with E-state index in [1.807, 2.05) is 31.2 Å². The molecular formula is C24H24Cl2N4O4S. The van der Waals surface area contributed by atoms with E-state index in [4.69, 9.17) is 27.9 Å². The van der Waals surface area contributed by atoms with Gasteiger partial charge in [0.25, 0.3) is 15.9 Å². The first-order valence-electron chi connectivity index (χ1n) is 11.1. The summed E-state index contributed by atoms with van der Waals surface area (Å²) in [4.78, 5) is 19.9. The number of aromatic nitrogens is 2. The van der Waals surface area contributed by atoms with Crippen LogP contribution in [-0.4, -0.2) is 54.5 Å². The third-order valence-electron chi connectivity index (χ3n) is 6.42. The van der Waals surface area contributed by atoms with Crippen LogP contribution < -0.4 is 4.90 Å². The van der Waals surface area contributed by atoms with Crippen LogP contribution in [0.3, 0.4) is 0 Å². The van der Waals surface area contributed by atoms with Gasteiger partial charge < -0.3 is 4.74 Å². The summed E-state index contributed by atoms with van der Waals surface area (Å²) in [5.74, 6) is -0.118. The molecule has 2 aromatic carbocycles. The van der Waals surface area contributed by atoms with Crippen molar-refractivity contribution in [2.75, 3.05) is 31.2 Å². The number of benzene rings is 2. The molecule has 2 aliphatic rings. The Bertz CT molecular complexity index is 1380. The largest absolute Gasteiger partial charge is 0.379 e. The third kappa shape index (κ3) is 4.15. The van der Waals surface area contributed by atoms with Crippen molar-refractivity contribution in [3.05, 3.63) is 69.8 Å². The second-order valence-corrected chi connectivity index (χ2v) is 11.7. The summed E-state index contributed by atoms with van der Waals surface area (Å²) in [7, 11) is -3.94. The van der Waals surface area contributed by atoms with Gasteiger partial charge >= 0.3 is 0 Å². The molecule has 1 saturated heterocycles. The van der Waals surface area contributed by atoms with Crippen LogP contribution in [0.4, 0.5) is 11.6 Å². The van der Waals surface area contributed by atoms with Gasteiger partial charge in [-0.05, 0) is 37.6 Å². The van der Waals surface area contributed by atoms with Crippen LogP contribution >= 0.6 is 23.2 Å². The Kier molecular flexibility index (Phi) is 6.17. The van der Waals surface area contributed by atoms with Gasteiger partial charge in [0.2, 0.25) is 5.95 Å². The van der Waals surface area contributed by atoms with E-state index in [-0.39, 0.29) is 36.4 Å². The van der Waals surface area contributed by atoms with Gasteiger partial charge in [0.1, 0.15) is 5.54 Å². The van der Waals surface area contributed by atoms with Gasteiger partial charge in [-0.2, -0.15) is 4.31 Å². The molecule has 35 heavy (non-hydrogen) atoms. The fraction of sp³-hybridized carbons (Fsp3) is 0.333. The van der Waals surface area contributed by atoms with Crippen LogP contribution in [0.15, 0.2) is 53.7 Å². The minimum atomic E-state index is -3.94. The van der Waals surface area contributed by atoms with Crippen molar-refractivity contribution in [2.24, 2.45) is 0 Å². The summed E-state index contributed by atoms with van der Waals surface area (Å²) >= 11 is 12.5. The summed E-state index contributed by atoms with van der Waals surface area (Å²) in [6.07, 6.45) is 1.59. The topological polar surface area (TPSA) is 84.7 Å². The van der Waals surface area contributed by atoms with E-state index < -0.39 is 15.6 Å². The number of amides is 1. The van der Waals surface area contributed by atoms with Gasteiger partial charge in [0.15, 0.2) is 5.03 Å². The van der Waals surface area contributed by atoms with E-state index >= 15 is 0 Å². The van der Waals surface area contributed by atoms with Crippen molar-refractivity contribution < 1.29 is 17.9 Å². The molecule has 3 heterocycles. The van der Waals surface area contributed by atoms with Crippen molar-refractivity contribution in [3.63, 3.8) is 0 Å². The number of aryl methyl sites for hydroxylation is 1. The van der Waals surface area contributed by atoms with E-state index in [1.165, 1.54) is 20.0 Å². The standard InChI is InChI=1S/C24H24Cl2N4O4S/c1-16-3-5-17(6-4-16)14-24(2)22(31)29(20-12-18(25)11-19(26)13-20)23-27-15-21(30(23)24)35(32,33)28-7-9-34-10-8-28/h3-6,11-13,15H,7-10,14H2,1-2H3/t24-/m1/s1. The molecule has 0 aliphatic carbocycles. The number of sulfonamides is 1. The number of rotatable bonds is 5. The zero-order valence-corrected chi connectivity index (χ0v) is 21.6. The number of anilines is 2. The Hall–Kier alpha value is -2.43. The molecule has 3 aromatic rings. The number of carbonyl (C=O) groups excluding carboxylic acids is 1. The van der Waals surface area contributed by atoms with Gasteiger partial charge in [-0.25, -0.2) is 18.3 Å². The van der Waals surface area contributed by atoms with E-state index in [0.717, 1.165) is 11.1 Å². The van der Waals surface area contributed by atoms with Crippen LogP contribution in [0.5, 0.6) is 0 Å². The highest BCUT2D eigenvalue weighted by atomic mass is 35.5. The number of ether oxygens (including phenoxy) is 1. The molecule has 0 bridgehead atoms. The molecule has 1 fully saturated rings. The second kappa shape index (κ2) is 8.90. The number of carbonyl (C=O) groups is 1. The average Bonchev–Trinajstić information content (AvgIpc) is 3.34. The Balaban J connectivity index is 1.68. The maximum absolute atomic E-state index is 14.0. The maximum atomic E-state index is 14.0. The van der Waals surface area contributed by atoms with Gasteiger partial charge in [-0.15, -0.1) is 0 Å². The van der Waals surface area contributed by atoms with Crippen molar-refractivity contribution in [1.29, 1.82) is 0 Å². The number of morpholine rings is 1. The maximum Gasteiger partial charge on any atom is 0.260 e. The number of imidazole rings is 1. The molecular weight excluding hydrogens is 511 g/mol. The Morgan fingerprint density at radius 3 is 2.31 bits per heavy atom. The van der Waals surface area contributed by atoms with Crippen LogP contribution in [0, 0.1) is 6.92 Å². The van der Waals surface area contributed by atoms with E-state index in [2.05, 4.69) is 4.98 Å². The van der Waals surface area contributed by atoms with E-state index in [1.54, 1.807) is 25.1 Å². The molecule has 184 valence electrons. The lowest BCUT2D eigenvalue weighted by Crippen LogP contribution is -2.45. The normalized spacial score (nSPS) is 20.9. The summed E-state index contributed by atoms with van der Waals surface area (Å²) < 4.78 is 35.6. The van der Waals surface area contributed by atoms with Gasteiger partial charge in [0.05, 0.1) is 25.1 Å². The highest BCUT2D eigenvalue weighted by molar-refractivity contribution is 7.89. The summed E-state index contributed by atoms with van der Waals surface area (Å²) in [5.41, 5.74) is 1.14.